The van der Waals surface area contributed by atoms with Crippen LogP contribution in [0.25, 0.3) is 0 Å². The Kier molecular flexibility index (Phi) is 58.0. The zero-order valence-electron chi connectivity index (χ0n) is 10.0. The fourth-order valence-electron chi connectivity index (χ4n) is 0.250. The van der Waals surface area contributed by atoms with Crippen LogP contribution in [0.3, 0.4) is 0 Å². The summed E-state index contributed by atoms with van der Waals surface area (Å²) in [5.74, 6) is 0. The van der Waals surface area contributed by atoms with E-state index in [-0.39, 0.29) is 58.0 Å². The van der Waals surface area contributed by atoms with Gasteiger partial charge in [0.1, 0.15) is 0 Å². The van der Waals surface area contributed by atoms with Crippen molar-refractivity contribution in [1.82, 2.24) is 0 Å². The molecule has 0 saturated heterocycles. The van der Waals surface area contributed by atoms with E-state index in [1.165, 1.54) is 21.3 Å². The predicted molar refractivity (Wildman–Crippen MR) is 50.2 cm³/mol. The van der Waals surface area contributed by atoms with Crippen molar-refractivity contribution in [1.29, 1.82) is 0 Å². The minimum absolute atomic E-state index is 0. The molecule has 0 atom stereocenters. The van der Waals surface area contributed by atoms with Crippen molar-refractivity contribution in [2.45, 2.75) is 0 Å². The van der Waals surface area contributed by atoms with E-state index in [9.17, 15) is 15.3 Å². The zero-order chi connectivity index (χ0) is 12.4. The van der Waals surface area contributed by atoms with Gasteiger partial charge in [0.25, 0.3) is 0 Å². The maximum atomic E-state index is 9.40. The Morgan fingerprint density at radius 3 is 0.812 bits per heavy atom. The van der Waals surface area contributed by atoms with Gasteiger partial charge in [0.15, 0.2) is 0 Å². The van der Waals surface area contributed by atoms with Crippen molar-refractivity contribution in [2.24, 2.45) is 0 Å². The second-order valence-corrected chi connectivity index (χ2v) is 2.09. The molecule has 1 radical (unpaired) electrons. The smallest absolute Gasteiger partial charge is 0.853 e. The predicted octanol–water partition coefficient (Wildman–Crippen LogP) is -3.02. The van der Waals surface area contributed by atoms with Crippen molar-refractivity contribution in [2.75, 3.05) is 61.0 Å². The number of methoxy groups -OCH3 is 3. The fraction of sp³-hybridized carbons (Fsp3) is 1.00. The van der Waals surface area contributed by atoms with Gasteiger partial charge in [0.05, 0.1) is 0 Å². The van der Waals surface area contributed by atoms with Gasteiger partial charge in [-0.15, -0.1) is 19.8 Å². The van der Waals surface area contributed by atoms with Crippen molar-refractivity contribution < 1.29 is 67.7 Å². The van der Waals surface area contributed by atoms with E-state index in [2.05, 4.69) is 14.2 Å². The fourth-order valence-corrected chi connectivity index (χ4v) is 0.250. The van der Waals surface area contributed by atoms with Crippen LogP contribution in [-0.4, -0.2) is 61.0 Å². The van der Waals surface area contributed by atoms with Crippen molar-refractivity contribution >= 4 is 0 Å². The van der Waals surface area contributed by atoms with Crippen LogP contribution in [0, 0.1) is 38.2 Å². The third-order valence-electron chi connectivity index (χ3n) is 0.862. The summed E-state index contributed by atoms with van der Waals surface area (Å²) in [7, 11) is 4.54. The largest absolute Gasteiger partial charge is 3.00 e. The second kappa shape index (κ2) is 36.0. The van der Waals surface area contributed by atoms with E-state index in [0.29, 0.717) is 19.8 Å². The van der Waals surface area contributed by atoms with Gasteiger partial charge < -0.3 is 29.5 Å². The zero-order valence-corrected chi connectivity index (χ0v) is 12.0. The Morgan fingerprint density at radius 2 is 0.812 bits per heavy atom. The van der Waals surface area contributed by atoms with Crippen molar-refractivity contribution in [3.05, 3.63) is 0 Å². The van der Waals surface area contributed by atoms with Crippen LogP contribution < -0.4 is 15.3 Å². The first kappa shape index (κ1) is 25.8. The summed E-state index contributed by atoms with van der Waals surface area (Å²) in [6.45, 7) is 0.615. The average Bonchev–Trinajstić information content (AvgIpc) is 2.23. The molecule has 0 heterocycles. The SMILES string of the molecule is COCC[O-].COCC[O-].COCC[O-].[Dy+3]. The number of hydrogen-bond donors (Lipinski definition) is 0. The first-order valence-corrected chi connectivity index (χ1v) is 4.46. The van der Waals surface area contributed by atoms with E-state index in [0.717, 1.165) is 0 Å². The summed E-state index contributed by atoms with van der Waals surface area (Å²) >= 11 is 0. The molecule has 0 rings (SSSR count). The Balaban J connectivity index is -0.0000000655. The Bertz CT molecular complexity index is 56.8. The maximum Gasteiger partial charge on any atom is 3.00 e. The van der Waals surface area contributed by atoms with Gasteiger partial charge in [-0.2, -0.15) is 0 Å². The van der Waals surface area contributed by atoms with Crippen LogP contribution in [0.2, 0.25) is 0 Å². The standard InChI is InChI=1S/3C3H7O2.Dy/c3*1-5-3-2-4;/h3*2-3H2,1H3;/q3*-1;+3. The van der Waals surface area contributed by atoms with Gasteiger partial charge in [-0.25, -0.2) is 0 Å². The van der Waals surface area contributed by atoms with Crippen LogP contribution in [0.5, 0.6) is 0 Å². The van der Waals surface area contributed by atoms with E-state index >= 15 is 0 Å². The first-order valence-electron chi connectivity index (χ1n) is 4.46. The molecule has 0 aliphatic heterocycles. The molecule has 0 aromatic heterocycles. The van der Waals surface area contributed by atoms with Gasteiger partial charge in [0.2, 0.25) is 0 Å². The van der Waals surface area contributed by atoms with E-state index in [4.69, 9.17) is 0 Å². The summed E-state index contributed by atoms with van der Waals surface area (Å²) in [5.41, 5.74) is 0. The van der Waals surface area contributed by atoms with Gasteiger partial charge in [-0.3, -0.25) is 0 Å². The van der Waals surface area contributed by atoms with Gasteiger partial charge in [-0.05, 0) is 0 Å². The molecule has 7 heteroatoms. The molecule has 0 unspecified atom stereocenters. The monoisotopic (exact) mass is 389 g/mol. The van der Waals surface area contributed by atoms with Crippen LogP contribution in [-0.2, 0) is 14.2 Å². The van der Waals surface area contributed by atoms with E-state index < -0.39 is 0 Å². The molecule has 0 aliphatic rings. The van der Waals surface area contributed by atoms with Crippen molar-refractivity contribution in [3.63, 3.8) is 0 Å². The average molecular weight is 388 g/mol. The van der Waals surface area contributed by atoms with Crippen LogP contribution in [0.15, 0.2) is 0 Å². The molecular formula is C9H21DyO6. The molecule has 0 bridgehead atoms. The molecule has 6 nitrogen and oxygen atoms in total. The van der Waals surface area contributed by atoms with Gasteiger partial charge in [-0.1, -0.05) is 0 Å². The summed E-state index contributed by atoms with van der Waals surface area (Å²) in [6, 6.07) is 0. The quantitative estimate of drug-likeness (QED) is 0.481. The van der Waals surface area contributed by atoms with Crippen LogP contribution in [0.4, 0.5) is 0 Å². The molecular weight excluding hydrogens is 367 g/mol. The molecule has 0 saturated carbocycles. The minimum atomic E-state index is -0.128. The molecule has 0 fully saturated rings. The molecule has 0 aromatic carbocycles. The number of hydrogen-bond acceptors (Lipinski definition) is 6. The molecule has 0 amide bonds. The minimum Gasteiger partial charge on any atom is -0.853 e. The van der Waals surface area contributed by atoms with Crippen molar-refractivity contribution in [3.8, 4) is 0 Å². The van der Waals surface area contributed by atoms with Gasteiger partial charge >= 0.3 is 38.2 Å². The molecule has 0 spiro atoms. The molecule has 0 aromatic rings. The summed E-state index contributed by atoms with van der Waals surface area (Å²) < 4.78 is 13.1. The molecule has 16 heavy (non-hydrogen) atoms. The first-order chi connectivity index (χ1) is 7.24. The maximum absolute atomic E-state index is 9.40. The van der Waals surface area contributed by atoms with Crippen LogP contribution in [0.1, 0.15) is 0 Å². The normalized spacial score (nSPS) is 7.88. The summed E-state index contributed by atoms with van der Waals surface area (Å²) in [5, 5.41) is 28.2. The molecule has 0 N–H and O–H groups in total. The third kappa shape index (κ3) is 59.9. The van der Waals surface area contributed by atoms with E-state index in [1.807, 2.05) is 0 Å². The third-order valence-corrected chi connectivity index (χ3v) is 0.862. The number of rotatable bonds is 6. The summed E-state index contributed by atoms with van der Waals surface area (Å²) in [6.07, 6.45) is 0. The molecule has 0 aliphatic carbocycles. The number of ether oxygens (including phenoxy) is 3. The Hall–Kier alpha value is 1.03. The second-order valence-electron chi connectivity index (χ2n) is 2.09. The molecule has 103 valence electrons. The Labute approximate surface area is 128 Å². The topological polar surface area (TPSA) is 96.9 Å². The van der Waals surface area contributed by atoms with E-state index in [1.54, 1.807) is 0 Å². The summed E-state index contributed by atoms with van der Waals surface area (Å²) in [4.78, 5) is 0. The van der Waals surface area contributed by atoms with Gasteiger partial charge in [0, 0.05) is 41.2 Å². The Morgan fingerprint density at radius 1 is 0.625 bits per heavy atom. The van der Waals surface area contributed by atoms with Crippen LogP contribution >= 0.6 is 0 Å².